The Kier molecular flexibility index (Phi) is 6.08. The van der Waals surface area contributed by atoms with Gasteiger partial charge in [-0.2, -0.15) is 0 Å². The van der Waals surface area contributed by atoms with Gasteiger partial charge >= 0.3 is 0 Å². The van der Waals surface area contributed by atoms with Crippen LogP contribution in [0, 0.1) is 17.0 Å². The first-order chi connectivity index (χ1) is 11.9. The Hall–Kier alpha value is -2.93. The maximum absolute atomic E-state index is 12.1. The maximum Gasteiger partial charge on any atom is 0.292 e. The number of nitro groups is 1. The summed E-state index contributed by atoms with van der Waals surface area (Å²) in [5.41, 5.74) is 2.01. The SMILES string of the molecule is Cc1ccccc1C(O)CNC(=O)CN(C)c1ccccc1[N+](=O)[O-]. The van der Waals surface area contributed by atoms with Crippen LogP contribution >= 0.6 is 0 Å². The lowest BCUT2D eigenvalue weighted by Gasteiger charge is -2.20. The number of likely N-dealkylation sites (N-methyl/N-ethyl adjacent to an activating group) is 1. The molecule has 0 aromatic heterocycles. The summed E-state index contributed by atoms with van der Waals surface area (Å²) in [6.07, 6.45) is -0.804. The molecule has 0 radical (unpaired) electrons. The van der Waals surface area contributed by atoms with Gasteiger partial charge in [-0.15, -0.1) is 0 Å². The van der Waals surface area contributed by atoms with E-state index in [0.717, 1.165) is 11.1 Å². The first kappa shape index (κ1) is 18.4. The molecule has 0 heterocycles. The van der Waals surface area contributed by atoms with Gasteiger partial charge in [0.1, 0.15) is 5.69 Å². The molecular formula is C18H21N3O4. The number of nitrogens with zero attached hydrogens (tertiary/aromatic N) is 2. The molecular weight excluding hydrogens is 322 g/mol. The minimum Gasteiger partial charge on any atom is -0.387 e. The van der Waals surface area contributed by atoms with Crippen LogP contribution in [0.4, 0.5) is 11.4 Å². The van der Waals surface area contributed by atoms with E-state index in [4.69, 9.17) is 0 Å². The van der Waals surface area contributed by atoms with Crippen LogP contribution in [-0.2, 0) is 4.79 Å². The van der Waals surface area contributed by atoms with Crippen molar-refractivity contribution in [2.24, 2.45) is 0 Å². The Bertz CT molecular complexity index is 763. The fraction of sp³-hybridized carbons (Fsp3) is 0.278. The zero-order valence-corrected chi connectivity index (χ0v) is 14.2. The lowest BCUT2D eigenvalue weighted by molar-refractivity contribution is -0.384. The number of aryl methyl sites for hydroxylation is 1. The van der Waals surface area contributed by atoms with Crippen molar-refractivity contribution in [2.45, 2.75) is 13.0 Å². The lowest BCUT2D eigenvalue weighted by Crippen LogP contribution is -2.37. The van der Waals surface area contributed by atoms with Crippen molar-refractivity contribution < 1.29 is 14.8 Å². The summed E-state index contributed by atoms with van der Waals surface area (Å²) >= 11 is 0. The number of aliphatic hydroxyl groups is 1. The van der Waals surface area contributed by atoms with Crippen molar-refractivity contribution >= 4 is 17.3 Å². The van der Waals surface area contributed by atoms with Crippen LogP contribution in [-0.4, -0.2) is 36.1 Å². The van der Waals surface area contributed by atoms with Crippen molar-refractivity contribution in [3.05, 3.63) is 69.8 Å². The second-order valence-corrected chi connectivity index (χ2v) is 5.78. The maximum atomic E-state index is 12.1. The van der Waals surface area contributed by atoms with E-state index in [0.29, 0.717) is 5.69 Å². The van der Waals surface area contributed by atoms with Crippen molar-refractivity contribution in [3.63, 3.8) is 0 Å². The summed E-state index contributed by atoms with van der Waals surface area (Å²) < 4.78 is 0. The fourth-order valence-electron chi connectivity index (χ4n) is 2.58. The molecule has 0 spiro atoms. The number of hydrogen-bond donors (Lipinski definition) is 2. The second kappa shape index (κ2) is 8.25. The Balaban J connectivity index is 1.94. The molecule has 2 N–H and O–H groups in total. The van der Waals surface area contributed by atoms with E-state index in [2.05, 4.69) is 5.32 Å². The number of nitro benzene ring substituents is 1. The Morgan fingerprint density at radius 1 is 1.24 bits per heavy atom. The van der Waals surface area contributed by atoms with E-state index >= 15 is 0 Å². The lowest BCUT2D eigenvalue weighted by atomic mass is 10.0. The van der Waals surface area contributed by atoms with Crippen LogP contribution < -0.4 is 10.2 Å². The first-order valence-corrected chi connectivity index (χ1v) is 7.85. The summed E-state index contributed by atoms with van der Waals surface area (Å²) in [4.78, 5) is 24.2. The molecule has 2 aromatic rings. The predicted molar refractivity (Wildman–Crippen MR) is 95.5 cm³/mol. The fourth-order valence-corrected chi connectivity index (χ4v) is 2.58. The summed E-state index contributed by atoms with van der Waals surface area (Å²) in [7, 11) is 1.61. The first-order valence-electron chi connectivity index (χ1n) is 7.85. The van der Waals surface area contributed by atoms with Gasteiger partial charge in [0.15, 0.2) is 0 Å². The van der Waals surface area contributed by atoms with Crippen LogP contribution in [0.2, 0.25) is 0 Å². The number of hydrogen-bond acceptors (Lipinski definition) is 5. The molecule has 7 heteroatoms. The Morgan fingerprint density at radius 3 is 2.56 bits per heavy atom. The third kappa shape index (κ3) is 4.77. The highest BCUT2D eigenvalue weighted by Crippen LogP contribution is 2.26. The van der Waals surface area contributed by atoms with Crippen LogP contribution in [0.3, 0.4) is 0 Å². The molecule has 0 saturated heterocycles. The zero-order valence-electron chi connectivity index (χ0n) is 14.2. The van der Waals surface area contributed by atoms with Gasteiger partial charge < -0.3 is 15.3 Å². The number of nitrogens with one attached hydrogen (secondary N) is 1. The number of amides is 1. The van der Waals surface area contributed by atoms with E-state index < -0.39 is 11.0 Å². The third-order valence-corrected chi connectivity index (χ3v) is 3.91. The molecule has 132 valence electrons. The van der Waals surface area contributed by atoms with Gasteiger partial charge in [0, 0.05) is 19.7 Å². The highest BCUT2D eigenvalue weighted by atomic mass is 16.6. The predicted octanol–water partition coefficient (Wildman–Crippen LogP) is 2.19. The van der Waals surface area contributed by atoms with Gasteiger partial charge in [0.25, 0.3) is 5.69 Å². The van der Waals surface area contributed by atoms with Gasteiger partial charge in [0.05, 0.1) is 17.6 Å². The minimum absolute atomic E-state index is 0.0503. The molecule has 25 heavy (non-hydrogen) atoms. The van der Waals surface area contributed by atoms with Crippen LogP contribution in [0.5, 0.6) is 0 Å². The van der Waals surface area contributed by atoms with Gasteiger partial charge in [0.2, 0.25) is 5.91 Å². The molecule has 1 atom stereocenters. The number of aliphatic hydroxyl groups excluding tert-OH is 1. The topological polar surface area (TPSA) is 95.7 Å². The van der Waals surface area contributed by atoms with Crippen LogP contribution in [0.15, 0.2) is 48.5 Å². The summed E-state index contributed by atoms with van der Waals surface area (Å²) in [5, 5.41) is 23.9. The molecule has 0 aliphatic rings. The average Bonchev–Trinajstić information content (AvgIpc) is 2.60. The number of carbonyl (C=O) groups excluding carboxylic acids is 1. The largest absolute Gasteiger partial charge is 0.387 e. The van der Waals surface area contributed by atoms with E-state index in [1.165, 1.54) is 11.0 Å². The van der Waals surface area contributed by atoms with Crippen molar-refractivity contribution in [2.75, 3.05) is 25.0 Å². The normalized spacial score (nSPS) is 11.6. The van der Waals surface area contributed by atoms with Crippen molar-refractivity contribution in [1.82, 2.24) is 5.32 Å². The molecule has 0 fully saturated rings. The molecule has 2 rings (SSSR count). The Morgan fingerprint density at radius 2 is 1.88 bits per heavy atom. The summed E-state index contributed by atoms with van der Waals surface area (Å²) in [6.45, 7) is 1.92. The van der Waals surface area contributed by atoms with E-state index in [9.17, 15) is 20.0 Å². The van der Waals surface area contributed by atoms with Crippen LogP contribution in [0.25, 0.3) is 0 Å². The summed E-state index contributed by atoms with van der Waals surface area (Å²) in [5.74, 6) is -0.326. The zero-order chi connectivity index (χ0) is 18.4. The van der Waals surface area contributed by atoms with E-state index in [-0.39, 0.29) is 24.7 Å². The van der Waals surface area contributed by atoms with Gasteiger partial charge in [-0.25, -0.2) is 0 Å². The molecule has 1 amide bonds. The van der Waals surface area contributed by atoms with E-state index in [1.54, 1.807) is 25.2 Å². The molecule has 7 nitrogen and oxygen atoms in total. The van der Waals surface area contributed by atoms with Gasteiger partial charge in [-0.3, -0.25) is 14.9 Å². The monoisotopic (exact) mass is 343 g/mol. The number of anilines is 1. The van der Waals surface area contributed by atoms with Gasteiger partial charge in [-0.05, 0) is 24.1 Å². The van der Waals surface area contributed by atoms with Crippen molar-refractivity contribution in [3.8, 4) is 0 Å². The van der Waals surface area contributed by atoms with E-state index in [1.807, 2.05) is 31.2 Å². The molecule has 0 aliphatic carbocycles. The number of carbonyl (C=O) groups is 1. The third-order valence-electron chi connectivity index (χ3n) is 3.91. The quantitative estimate of drug-likeness (QED) is 0.593. The molecule has 0 aliphatic heterocycles. The summed E-state index contributed by atoms with van der Waals surface area (Å²) in [6, 6.07) is 13.7. The standard InChI is InChI=1S/C18H21N3O4/c1-13-7-3-4-8-14(13)17(22)11-19-18(23)12-20(2)15-9-5-6-10-16(15)21(24)25/h3-10,17,22H,11-12H2,1-2H3,(H,19,23). The average molecular weight is 343 g/mol. The minimum atomic E-state index is -0.804. The highest BCUT2D eigenvalue weighted by Gasteiger charge is 2.18. The second-order valence-electron chi connectivity index (χ2n) is 5.78. The number of rotatable bonds is 7. The smallest absolute Gasteiger partial charge is 0.292 e. The number of para-hydroxylation sites is 2. The van der Waals surface area contributed by atoms with Gasteiger partial charge in [-0.1, -0.05) is 36.4 Å². The molecule has 0 bridgehead atoms. The number of benzene rings is 2. The van der Waals surface area contributed by atoms with Crippen LogP contribution in [0.1, 0.15) is 17.2 Å². The highest BCUT2D eigenvalue weighted by molar-refractivity contribution is 5.82. The molecule has 1 unspecified atom stereocenters. The Labute approximate surface area is 146 Å². The van der Waals surface area contributed by atoms with Crippen molar-refractivity contribution in [1.29, 1.82) is 0 Å². The molecule has 2 aromatic carbocycles. The molecule has 0 saturated carbocycles.